The number of nitrogens with one attached hydrogen (secondary N) is 1. The normalized spacial score (nSPS) is 12.4. The summed E-state index contributed by atoms with van der Waals surface area (Å²) >= 11 is 0. The SMILES string of the molecule is Cc1ccc(S(=O)(=O)NC(C)(C)C(=O)[O-])cc1. The minimum Gasteiger partial charge on any atom is -0.548 e. The maximum Gasteiger partial charge on any atom is 0.241 e. The van der Waals surface area contributed by atoms with E-state index in [1.54, 1.807) is 12.1 Å². The fraction of sp³-hybridized carbons (Fsp3) is 0.364. The molecule has 0 aliphatic carbocycles. The molecule has 17 heavy (non-hydrogen) atoms. The first kappa shape index (κ1) is 13.7. The average Bonchev–Trinajstić information content (AvgIpc) is 2.16. The van der Waals surface area contributed by atoms with Crippen LogP contribution in [0.2, 0.25) is 0 Å². The molecule has 0 unspecified atom stereocenters. The van der Waals surface area contributed by atoms with Gasteiger partial charge in [-0.25, -0.2) is 8.42 Å². The molecule has 0 heterocycles. The number of sulfonamides is 1. The van der Waals surface area contributed by atoms with Crippen LogP contribution in [-0.2, 0) is 14.8 Å². The highest BCUT2D eigenvalue weighted by atomic mass is 32.2. The zero-order chi connectivity index (χ0) is 13.3. The van der Waals surface area contributed by atoms with Crippen LogP contribution in [0.3, 0.4) is 0 Å². The quantitative estimate of drug-likeness (QED) is 0.808. The monoisotopic (exact) mass is 256 g/mol. The number of aliphatic carboxylic acids is 1. The van der Waals surface area contributed by atoms with E-state index >= 15 is 0 Å². The van der Waals surface area contributed by atoms with E-state index in [-0.39, 0.29) is 4.90 Å². The van der Waals surface area contributed by atoms with Crippen molar-refractivity contribution in [3.05, 3.63) is 29.8 Å². The largest absolute Gasteiger partial charge is 0.548 e. The van der Waals surface area contributed by atoms with E-state index in [2.05, 4.69) is 4.72 Å². The maximum absolute atomic E-state index is 11.9. The smallest absolute Gasteiger partial charge is 0.241 e. The summed E-state index contributed by atoms with van der Waals surface area (Å²) in [5.74, 6) is -1.48. The lowest BCUT2D eigenvalue weighted by Gasteiger charge is -2.26. The maximum atomic E-state index is 11.9. The van der Waals surface area contributed by atoms with Gasteiger partial charge in [-0.2, -0.15) is 4.72 Å². The van der Waals surface area contributed by atoms with Gasteiger partial charge < -0.3 is 9.90 Å². The van der Waals surface area contributed by atoms with Crippen LogP contribution in [0.1, 0.15) is 19.4 Å². The van der Waals surface area contributed by atoms with Crippen LogP contribution in [0.5, 0.6) is 0 Å². The highest BCUT2D eigenvalue weighted by molar-refractivity contribution is 7.89. The van der Waals surface area contributed by atoms with Gasteiger partial charge in [0.15, 0.2) is 0 Å². The van der Waals surface area contributed by atoms with Gasteiger partial charge in [0.2, 0.25) is 10.0 Å². The van der Waals surface area contributed by atoms with Crippen LogP contribution in [0.4, 0.5) is 0 Å². The highest BCUT2D eigenvalue weighted by Gasteiger charge is 2.27. The van der Waals surface area contributed by atoms with Crippen LogP contribution in [0, 0.1) is 6.92 Å². The van der Waals surface area contributed by atoms with Gasteiger partial charge in [-0.3, -0.25) is 0 Å². The summed E-state index contributed by atoms with van der Waals surface area (Å²) in [5.41, 5.74) is -0.730. The third-order valence-corrected chi connectivity index (χ3v) is 3.90. The van der Waals surface area contributed by atoms with Crippen molar-refractivity contribution in [1.82, 2.24) is 4.72 Å². The molecule has 0 amide bonds. The molecule has 0 saturated heterocycles. The van der Waals surface area contributed by atoms with E-state index in [4.69, 9.17) is 0 Å². The van der Waals surface area contributed by atoms with E-state index in [0.717, 1.165) is 5.56 Å². The zero-order valence-corrected chi connectivity index (χ0v) is 10.7. The Morgan fingerprint density at radius 3 is 2.12 bits per heavy atom. The number of carbonyl (C=O) groups is 1. The number of carbonyl (C=O) groups excluding carboxylic acids is 1. The fourth-order valence-corrected chi connectivity index (χ4v) is 2.52. The molecule has 1 N–H and O–H groups in total. The van der Waals surface area contributed by atoms with Crippen LogP contribution in [0.25, 0.3) is 0 Å². The molecular formula is C11H14NO4S-. The van der Waals surface area contributed by atoms with Gasteiger partial charge in [-0.15, -0.1) is 0 Å². The van der Waals surface area contributed by atoms with Gasteiger partial charge in [0.25, 0.3) is 0 Å². The Morgan fingerprint density at radius 1 is 1.24 bits per heavy atom. The second-order valence-electron chi connectivity index (χ2n) is 4.33. The van der Waals surface area contributed by atoms with E-state index < -0.39 is 21.5 Å². The van der Waals surface area contributed by atoms with Crippen molar-refractivity contribution < 1.29 is 18.3 Å². The Labute approximate surface area is 101 Å². The molecule has 0 fully saturated rings. The number of aryl methyl sites for hydroxylation is 1. The summed E-state index contributed by atoms with van der Waals surface area (Å²) in [6.07, 6.45) is 0. The highest BCUT2D eigenvalue weighted by Crippen LogP contribution is 2.13. The lowest BCUT2D eigenvalue weighted by atomic mass is 10.1. The van der Waals surface area contributed by atoms with Gasteiger partial charge in [0.05, 0.1) is 16.4 Å². The van der Waals surface area contributed by atoms with Gasteiger partial charge in [0, 0.05) is 0 Å². The van der Waals surface area contributed by atoms with E-state index in [9.17, 15) is 18.3 Å². The molecule has 0 atom stereocenters. The predicted molar refractivity (Wildman–Crippen MR) is 60.6 cm³/mol. The molecule has 0 aliphatic heterocycles. The van der Waals surface area contributed by atoms with Gasteiger partial charge >= 0.3 is 0 Å². The number of carboxylic acid groups (broad SMARTS) is 1. The molecule has 0 aromatic heterocycles. The Hall–Kier alpha value is -1.40. The Morgan fingerprint density at radius 2 is 1.71 bits per heavy atom. The molecule has 0 radical (unpaired) electrons. The lowest BCUT2D eigenvalue weighted by molar-refractivity contribution is -0.312. The van der Waals surface area contributed by atoms with Crippen molar-refractivity contribution in [3.63, 3.8) is 0 Å². The summed E-state index contributed by atoms with van der Waals surface area (Å²) in [4.78, 5) is 10.8. The molecule has 5 nitrogen and oxygen atoms in total. The number of carboxylic acids is 1. The summed E-state index contributed by atoms with van der Waals surface area (Å²) in [5, 5.41) is 10.7. The van der Waals surface area contributed by atoms with E-state index in [1.165, 1.54) is 26.0 Å². The first-order valence-corrected chi connectivity index (χ1v) is 6.45. The van der Waals surface area contributed by atoms with Crippen molar-refractivity contribution in [1.29, 1.82) is 0 Å². The van der Waals surface area contributed by atoms with Gasteiger partial charge in [-0.1, -0.05) is 17.7 Å². The topological polar surface area (TPSA) is 86.3 Å². The molecule has 0 saturated carbocycles. The van der Waals surface area contributed by atoms with Crippen molar-refractivity contribution in [2.75, 3.05) is 0 Å². The summed E-state index contributed by atoms with van der Waals surface area (Å²) in [6, 6.07) is 6.12. The van der Waals surface area contributed by atoms with Gasteiger partial charge in [-0.05, 0) is 32.9 Å². The summed E-state index contributed by atoms with van der Waals surface area (Å²) < 4.78 is 25.8. The number of benzene rings is 1. The number of rotatable bonds is 4. The lowest BCUT2D eigenvalue weighted by Crippen LogP contribution is -2.55. The molecule has 6 heteroatoms. The minimum atomic E-state index is -3.85. The minimum absolute atomic E-state index is 0.0254. The molecule has 1 aromatic rings. The van der Waals surface area contributed by atoms with Crippen LogP contribution < -0.4 is 9.83 Å². The standard InChI is InChI=1S/C11H15NO4S/c1-8-4-6-9(7-5-8)17(15,16)12-11(2,3)10(13)14/h4-7,12H,1-3H3,(H,13,14)/p-1. The van der Waals surface area contributed by atoms with Crippen molar-refractivity contribution in [2.45, 2.75) is 31.2 Å². The molecule has 1 aromatic carbocycles. The first-order chi connectivity index (χ1) is 7.65. The zero-order valence-electron chi connectivity index (χ0n) is 9.85. The predicted octanol–water partition coefficient (Wildman–Crippen LogP) is -0.198. The molecular weight excluding hydrogens is 242 g/mol. The third kappa shape index (κ3) is 3.28. The van der Waals surface area contributed by atoms with Gasteiger partial charge in [0.1, 0.15) is 0 Å². The number of hydrogen-bond donors (Lipinski definition) is 1. The first-order valence-electron chi connectivity index (χ1n) is 4.97. The second kappa shape index (κ2) is 4.46. The Kier molecular flexibility index (Phi) is 3.59. The summed E-state index contributed by atoms with van der Waals surface area (Å²) in [6.45, 7) is 4.29. The molecule has 0 aliphatic rings. The molecule has 0 bridgehead atoms. The fourth-order valence-electron chi connectivity index (χ4n) is 1.15. The third-order valence-electron chi connectivity index (χ3n) is 2.23. The van der Waals surface area contributed by atoms with Crippen molar-refractivity contribution >= 4 is 16.0 Å². The van der Waals surface area contributed by atoms with Crippen LogP contribution >= 0.6 is 0 Å². The van der Waals surface area contributed by atoms with Crippen LogP contribution in [0.15, 0.2) is 29.2 Å². The van der Waals surface area contributed by atoms with Crippen LogP contribution in [-0.4, -0.2) is 19.9 Å². The van der Waals surface area contributed by atoms with E-state index in [0.29, 0.717) is 0 Å². The Bertz CT molecular complexity index is 517. The molecule has 94 valence electrons. The van der Waals surface area contributed by atoms with E-state index in [1.807, 2.05) is 6.92 Å². The molecule has 0 spiro atoms. The molecule has 1 rings (SSSR count). The Balaban J connectivity index is 3.05. The summed E-state index contributed by atoms with van der Waals surface area (Å²) in [7, 11) is -3.85. The van der Waals surface area contributed by atoms with Crippen molar-refractivity contribution in [2.24, 2.45) is 0 Å². The average molecular weight is 256 g/mol. The second-order valence-corrected chi connectivity index (χ2v) is 6.01. The van der Waals surface area contributed by atoms with Crippen molar-refractivity contribution in [3.8, 4) is 0 Å². The number of hydrogen-bond acceptors (Lipinski definition) is 4.